The van der Waals surface area contributed by atoms with Crippen molar-refractivity contribution < 1.29 is 38.3 Å². The van der Waals surface area contributed by atoms with Crippen molar-refractivity contribution in [1.29, 1.82) is 10.5 Å². The van der Waals surface area contributed by atoms with Crippen molar-refractivity contribution in [3.05, 3.63) is 117 Å². The van der Waals surface area contributed by atoms with Crippen molar-refractivity contribution in [2.24, 2.45) is 0 Å². The van der Waals surface area contributed by atoms with Gasteiger partial charge in [-0.3, -0.25) is 0 Å². The smallest absolute Gasteiger partial charge is 0.354 e. The van der Waals surface area contributed by atoms with Crippen LogP contribution in [0.15, 0.2) is 83.9 Å². The fraction of sp³-hybridized carbons (Fsp3) is 0.508. The average Bonchev–Trinajstić information content (AvgIpc) is 3.99. The standard InChI is InChI=1S/C63H80N2O8/c1-5-7-9-11-13-15-17-19-21-23-39-69-54-33-31-48(43-58(54)67-3)41-50(45-64)47-71-73-57-30-26-28-52-36-38-63(61(52)57)37-35-51-27-25-29-56(60(51)63)72-62(66)53(46-65)42-49-32-34-55(59(44-49)68-4)70-40-24-22-20-18-16-14-12-10-8-6-2/h25-34,41-44H,5-24,35-40,47H2,1-4H3. The van der Waals surface area contributed by atoms with E-state index in [-0.39, 0.29) is 12.2 Å². The third kappa shape index (κ3) is 16.4. The van der Waals surface area contributed by atoms with Gasteiger partial charge in [0.05, 0.1) is 39.1 Å². The molecule has 0 radical (unpaired) electrons. The molecule has 0 N–H and O–H groups in total. The number of hydrogen-bond acceptors (Lipinski definition) is 10. The Balaban J connectivity index is 1.04. The molecule has 0 fully saturated rings. The number of hydrogen-bond donors (Lipinski definition) is 0. The van der Waals surface area contributed by atoms with E-state index in [0.29, 0.717) is 58.8 Å². The number of carbonyl (C=O) groups is 1. The van der Waals surface area contributed by atoms with Gasteiger partial charge in [-0.1, -0.05) is 166 Å². The summed E-state index contributed by atoms with van der Waals surface area (Å²) >= 11 is 0. The molecular formula is C63H80N2O8. The van der Waals surface area contributed by atoms with Crippen LogP contribution >= 0.6 is 0 Å². The number of carbonyl (C=O) groups excluding carboxylic acids is 1. The number of ether oxygens (including phenoxy) is 5. The van der Waals surface area contributed by atoms with Crippen LogP contribution in [0.1, 0.15) is 188 Å². The lowest BCUT2D eigenvalue weighted by molar-refractivity contribution is -0.197. The lowest BCUT2D eigenvalue weighted by Gasteiger charge is -2.29. The molecule has 10 nitrogen and oxygen atoms in total. The maximum absolute atomic E-state index is 13.9. The van der Waals surface area contributed by atoms with Gasteiger partial charge in [-0.15, -0.1) is 0 Å². The molecular weight excluding hydrogens is 913 g/mol. The highest BCUT2D eigenvalue weighted by Crippen LogP contribution is 2.57. The van der Waals surface area contributed by atoms with Crippen LogP contribution in [0.25, 0.3) is 12.2 Å². The number of unbranched alkanes of at least 4 members (excludes halogenated alkanes) is 18. The Morgan fingerprint density at radius 1 is 0.548 bits per heavy atom. The van der Waals surface area contributed by atoms with E-state index in [1.165, 1.54) is 109 Å². The molecule has 0 aromatic heterocycles. The van der Waals surface area contributed by atoms with Crippen molar-refractivity contribution in [3.63, 3.8) is 0 Å². The molecule has 2 aliphatic rings. The van der Waals surface area contributed by atoms with Gasteiger partial charge in [0, 0.05) is 16.5 Å². The van der Waals surface area contributed by atoms with Gasteiger partial charge in [0.2, 0.25) is 0 Å². The molecule has 1 unspecified atom stereocenters. The Bertz CT molecular complexity index is 2510. The first-order valence-corrected chi connectivity index (χ1v) is 27.5. The minimum atomic E-state index is -0.746. The predicted octanol–water partition coefficient (Wildman–Crippen LogP) is 15.9. The van der Waals surface area contributed by atoms with Crippen molar-refractivity contribution in [2.75, 3.05) is 34.0 Å². The third-order valence-electron chi connectivity index (χ3n) is 14.4. The van der Waals surface area contributed by atoms with Gasteiger partial charge in [-0.25, -0.2) is 4.79 Å². The van der Waals surface area contributed by atoms with E-state index in [0.717, 1.165) is 79.2 Å². The Kier molecular flexibility index (Phi) is 23.6. The first kappa shape index (κ1) is 56.1. The fourth-order valence-electron chi connectivity index (χ4n) is 10.5. The zero-order chi connectivity index (χ0) is 51.5. The van der Waals surface area contributed by atoms with E-state index in [4.69, 9.17) is 33.5 Å². The summed E-state index contributed by atoms with van der Waals surface area (Å²) in [6.45, 7) is 5.64. The first-order chi connectivity index (χ1) is 35.9. The topological polar surface area (TPSA) is 129 Å². The molecule has 0 saturated carbocycles. The van der Waals surface area contributed by atoms with Gasteiger partial charge < -0.3 is 28.6 Å². The van der Waals surface area contributed by atoms with Crippen molar-refractivity contribution in [1.82, 2.24) is 0 Å². The van der Waals surface area contributed by atoms with Gasteiger partial charge in [0.15, 0.2) is 28.7 Å². The SMILES string of the molecule is CCCCCCCCCCCCOc1ccc(C=C(C#N)COOc2cccc3c2C2(CC3)CCc3cccc(OC(=O)C(C#N)=Cc4ccc(OCCCCCCCCCCCC)c(OC)c4)c32)cc1OC. The minimum Gasteiger partial charge on any atom is -0.493 e. The summed E-state index contributed by atoms with van der Waals surface area (Å²) in [6, 6.07) is 27.1. The molecule has 6 rings (SSSR count). The molecule has 4 aromatic carbocycles. The summed E-state index contributed by atoms with van der Waals surface area (Å²) in [5, 5.41) is 20.4. The molecule has 2 aliphatic carbocycles. The van der Waals surface area contributed by atoms with E-state index in [2.05, 4.69) is 38.1 Å². The van der Waals surface area contributed by atoms with Crippen LogP contribution in [0.5, 0.6) is 34.5 Å². The van der Waals surface area contributed by atoms with Gasteiger partial charge >= 0.3 is 5.97 Å². The van der Waals surface area contributed by atoms with Gasteiger partial charge in [-0.05, 0) is 109 Å². The van der Waals surface area contributed by atoms with E-state index in [1.807, 2.05) is 48.5 Å². The molecule has 1 atom stereocenters. The van der Waals surface area contributed by atoms with E-state index in [9.17, 15) is 15.3 Å². The zero-order valence-corrected chi connectivity index (χ0v) is 44.3. The summed E-state index contributed by atoms with van der Waals surface area (Å²) in [6.07, 6.45) is 31.6. The van der Waals surface area contributed by atoms with Crippen LogP contribution in [0.3, 0.4) is 0 Å². The normalized spacial score (nSPS) is 14.8. The Morgan fingerprint density at radius 3 is 1.49 bits per heavy atom. The van der Waals surface area contributed by atoms with Gasteiger partial charge in [0.1, 0.15) is 24.0 Å². The maximum Gasteiger partial charge on any atom is 0.354 e. The highest BCUT2D eigenvalue weighted by Gasteiger charge is 2.49. The highest BCUT2D eigenvalue weighted by molar-refractivity contribution is 5.99. The minimum absolute atomic E-state index is 0.0871. The van der Waals surface area contributed by atoms with E-state index < -0.39 is 11.4 Å². The lowest BCUT2D eigenvalue weighted by atomic mass is 9.76. The molecule has 0 bridgehead atoms. The summed E-state index contributed by atoms with van der Waals surface area (Å²) in [5.41, 5.74) is 5.21. The number of nitrogens with zero attached hydrogens (tertiary/aromatic N) is 2. The lowest BCUT2D eigenvalue weighted by Crippen LogP contribution is -2.24. The summed E-state index contributed by atoms with van der Waals surface area (Å²) < 4.78 is 29.7. The molecule has 390 valence electrons. The van der Waals surface area contributed by atoms with Crippen LogP contribution < -0.4 is 28.6 Å². The Labute approximate surface area is 436 Å². The summed E-state index contributed by atoms with van der Waals surface area (Å²) in [5.74, 6) is 2.65. The van der Waals surface area contributed by atoms with Crippen LogP contribution in [0, 0.1) is 22.7 Å². The largest absolute Gasteiger partial charge is 0.493 e. The van der Waals surface area contributed by atoms with Crippen LogP contribution in [-0.4, -0.2) is 40.0 Å². The molecule has 10 heteroatoms. The second kappa shape index (κ2) is 30.7. The summed E-state index contributed by atoms with van der Waals surface area (Å²) in [4.78, 5) is 25.8. The van der Waals surface area contributed by atoms with Gasteiger partial charge in [0.25, 0.3) is 0 Å². The number of fused-ring (bicyclic) bond motifs is 4. The number of esters is 1. The second-order valence-corrected chi connectivity index (χ2v) is 19.7. The fourth-order valence-corrected chi connectivity index (χ4v) is 10.5. The molecule has 4 aromatic rings. The Hall–Kier alpha value is -6.23. The second-order valence-electron chi connectivity index (χ2n) is 19.7. The average molecular weight is 993 g/mol. The number of nitriles is 2. The molecule has 0 saturated heterocycles. The maximum atomic E-state index is 13.9. The van der Waals surface area contributed by atoms with Gasteiger partial charge in [-0.2, -0.15) is 15.4 Å². The number of methoxy groups -OCH3 is 2. The van der Waals surface area contributed by atoms with Crippen LogP contribution in [0.2, 0.25) is 0 Å². The zero-order valence-electron chi connectivity index (χ0n) is 44.3. The van der Waals surface area contributed by atoms with Crippen molar-refractivity contribution in [3.8, 4) is 46.6 Å². The number of benzene rings is 4. The van der Waals surface area contributed by atoms with Crippen LogP contribution in [-0.2, 0) is 27.9 Å². The third-order valence-corrected chi connectivity index (χ3v) is 14.4. The first-order valence-electron chi connectivity index (χ1n) is 27.5. The quantitative estimate of drug-likeness (QED) is 0.00848. The van der Waals surface area contributed by atoms with Crippen molar-refractivity contribution in [2.45, 2.75) is 173 Å². The monoisotopic (exact) mass is 993 g/mol. The molecule has 0 heterocycles. The Morgan fingerprint density at radius 2 is 1.01 bits per heavy atom. The van der Waals surface area contributed by atoms with Crippen molar-refractivity contribution >= 4 is 18.1 Å². The van der Waals surface area contributed by atoms with E-state index in [1.54, 1.807) is 32.4 Å². The molecule has 0 aliphatic heterocycles. The van der Waals surface area contributed by atoms with E-state index >= 15 is 0 Å². The molecule has 0 amide bonds. The highest BCUT2D eigenvalue weighted by atomic mass is 17.2. The number of rotatable bonds is 34. The van der Waals surface area contributed by atoms with Crippen LogP contribution in [0.4, 0.5) is 0 Å². The number of aryl methyl sites for hydroxylation is 2. The molecule has 1 spiro atoms. The predicted molar refractivity (Wildman–Crippen MR) is 290 cm³/mol. The molecule has 73 heavy (non-hydrogen) atoms. The summed E-state index contributed by atoms with van der Waals surface area (Å²) in [7, 11) is 3.20.